The topological polar surface area (TPSA) is 46.2 Å². The van der Waals surface area contributed by atoms with Crippen LogP contribution in [0.3, 0.4) is 0 Å². The molecule has 1 aromatic carbocycles. The molecule has 1 heterocycles. The van der Waals surface area contributed by atoms with Gasteiger partial charge in [-0.3, -0.25) is 14.9 Å². The van der Waals surface area contributed by atoms with Crippen LogP contribution in [0.2, 0.25) is 5.02 Å². The van der Waals surface area contributed by atoms with Crippen molar-refractivity contribution < 1.29 is 9.59 Å². The number of nitrogens with one attached hydrogen (secondary N) is 1. The van der Waals surface area contributed by atoms with E-state index in [1.54, 1.807) is 6.07 Å². The Kier molecular flexibility index (Phi) is 2.98. The number of benzene rings is 1. The smallest absolute Gasteiger partial charge is 0.286 e. The lowest BCUT2D eigenvalue weighted by Crippen LogP contribution is -2.25. The Labute approximate surface area is 96.2 Å². The van der Waals surface area contributed by atoms with Crippen molar-refractivity contribution >= 4 is 34.5 Å². The molecule has 0 saturated carbocycles. The van der Waals surface area contributed by atoms with Crippen molar-refractivity contribution in [3.05, 3.63) is 34.9 Å². The van der Waals surface area contributed by atoms with Crippen LogP contribution in [0.5, 0.6) is 0 Å². The molecule has 1 aliphatic heterocycles. The number of imide groups is 1. The number of thioether (sulfide) groups is 1. The molecule has 1 atom stereocenters. The molecule has 0 unspecified atom stereocenters. The zero-order chi connectivity index (χ0) is 10.8. The molecule has 5 heteroatoms. The van der Waals surface area contributed by atoms with E-state index in [2.05, 4.69) is 5.32 Å². The van der Waals surface area contributed by atoms with Crippen molar-refractivity contribution in [2.45, 2.75) is 11.7 Å². The number of amides is 2. The fourth-order valence-corrected chi connectivity index (χ4v) is 2.45. The van der Waals surface area contributed by atoms with E-state index in [4.69, 9.17) is 11.6 Å². The van der Waals surface area contributed by atoms with Gasteiger partial charge in [-0.15, -0.1) is 0 Å². The van der Waals surface area contributed by atoms with Gasteiger partial charge >= 0.3 is 0 Å². The zero-order valence-corrected chi connectivity index (χ0v) is 9.27. The van der Waals surface area contributed by atoms with Gasteiger partial charge in [-0.1, -0.05) is 41.6 Å². The molecule has 2 amide bonds. The fraction of sp³-hybridized carbons (Fsp3) is 0.200. The summed E-state index contributed by atoms with van der Waals surface area (Å²) in [6, 6.07) is 7.33. The van der Waals surface area contributed by atoms with E-state index in [1.807, 2.05) is 18.2 Å². The highest BCUT2D eigenvalue weighted by atomic mass is 35.5. The van der Waals surface area contributed by atoms with Crippen LogP contribution in [0.1, 0.15) is 5.56 Å². The molecule has 1 saturated heterocycles. The van der Waals surface area contributed by atoms with Crippen molar-refractivity contribution in [1.29, 1.82) is 0 Å². The first-order valence-electron chi connectivity index (χ1n) is 4.41. The third kappa shape index (κ3) is 2.33. The second-order valence-electron chi connectivity index (χ2n) is 3.18. The van der Waals surface area contributed by atoms with E-state index in [9.17, 15) is 9.59 Å². The molecule has 0 aliphatic carbocycles. The Bertz CT molecular complexity index is 422. The number of carbonyl (C=O) groups excluding carboxylic acids is 2. The molecule has 1 fully saturated rings. The average Bonchev–Trinajstić information content (AvgIpc) is 2.49. The molecule has 3 nitrogen and oxygen atoms in total. The monoisotopic (exact) mass is 241 g/mol. The largest absolute Gasteiger partial charge is 0.286 e. The minimum absolute atomic E-state index is 0.232. The maximum Gasteiger partial charge on any atom is 0.286 e. The van der Waals surface area contributed by atoms with Gasteiger partial charge in [0.15, 0.2) is 0 Å². The van der Waals surface area contributed by atoms with Gasteiger partial charge in [0.1, 0.15) is 0 Å². The lowest BCUT2D eigenvalue weighted by molar-refractivity contribution is -0.118. The van der Waals surface area contributed by atoms with Crippen LogP contribution in [0.25, 0.3) is 0 Å². The van der Waals surface area contributed by atoms with Gasteiger partial charge in [0, 0.05) is 5.02 Å². The molecule has 2 rings (SSSR count). The number of hydrogen-bond acceptors (Lipinski definition) is 3. The van der Waals surface area contributed by atoms with Crippen LogP contribution in [0.15, 0.2) is 24.3 Å². The fourth-order valence-electron chi connectivity index (χ4n) is 1.39. The second kappa shape index (κ2) is 4.24. The Morgan fingerprint density at radius 3 is 2.67 bits per heavy atom. The lowest BCUT2D eigenvalue weighted by Gasteiger charge is -2.06. The molecule has 15 heavy (non-hydrogen) atoms. The van der Waals surface area contributed by atoms with E-state index < -0.39 is 0 Å². The summed E-state index contributed by atoms with van der Waals surface area (Å²) in [5.74, 6) is -0.232. The third-order valence-corrected chi connectivity index (χ3v) is 3.48. The Morgan fingerprint density at radius 2 is 2.07 bits per heavy atom. The molecular formula is C10H8ClNO2S. The number of rotatable bonds is 2. The van der Waals surface area contributed by atoms with Gasteiger partial charge in [0.25, 0.3) is 5.24 Å². The van der Waals surface area contributed by atoms with E-state index >= 15 is 0 Å². The highest BCUT2D eigenvalue weighted by molar-refractivity contribution is 8.15. The zero-order valence-electron chi connectivity index (χ0n) is 7.70. The van der Waals surface area contributed by atoms with Crippen molar-refractivity contribution in [2.75, 3.05) is 0 Å². The van der Waals surface area contributed by atoms with Gasteiger partial charge in [0.05, 0.1) is 5.25 Å². The first kappa shape index (κ1) is 10.5. The lowest BCUT2D eigenvalue weighted by atomic mass is 10.1. The highest BCUT2D eigenvalue weighted by Crippen LogP contribution is 2.25. The highest BCUT2D eigenvalue weighted by Gasteiger charge is 2.31. The average molecular weight is 242 g/mol. The van der Waals surface area contributed by atoms with Crippen molar-refractivity contribution in [1.82, 2.24) is 5.32 Å². The van der Waals surface area contributed by atoms with Gasteiger partial charge in [-0.05, 0) is 18.1 Å². The van der Waals surface area contributed by atoms with Crippen molar-refractivity contribution in [3.63, 3.8) is 0 Å². The Hall–Kier alpha value is -1.000. The summed E-state index contributed by atoms with van der Waals surface area (Å²) in [4.78, 5) is 22.2. The number of halogens is 1. The van der Waals surface area contributed by atoms with E-state index in [-0.39, 0.29) is 16.4 Å². The summed E-state index contributed by atoms with van der Waals surface area (Å²) in [5, 5.41) is 2.25. The molecule has 0 spiro atoms. The van der Waals surface area contributed by atoms with Gasteiger partial charge in [0.2, 0.25) is 5.91 Å². The van der Waals surface area contributed by atoms with Crippen LogP contribution >= 0.6 is 23.4 Å². The Balaban J connectivity index is 2.13. The minimum atomic E-state index is -0.350. The summed E-state index contributed by atoms with van der Waals surface area (Å²) in [6.45, 7) is 0. The van der Waals surface area contributed by atoms with Crippen LogP contribution in [-0.4, -0.2) is 16.4 Å². The maximum absolute atomic E-state index is 11.3. The summed E-state index contributed by atoms with van der Waals surface area (Å²) >= 11 is 6.98. The summed E-state index contributed by atoms with van der Waals surface area (Å²) < 4.78 is 0. The van der Waals surface area contributed by atoms with E-state index in [0.717, 1.165) is 17.3 Å². The maximum atomic E-state index is 11.3. The first-order chi connectivity index (χ1) is 7.16. The Morgan fingerprint density at radius 1 is 1.33 bits per heavy atom. The molecule has 0 radical (unpaired) electrons. The van der Waals surface area contributed by atoms with Crippen LogP contribution in [0, 0.1) is 0 Å². The van der Waals surface area contributed by atoms with E-state index in [1.165, 1.54) is 0 Å². The minimum Gasteiger partial charge on any atom is -0.286 e. The first-order valence-corrected chi connectivity index (χ1v) is 5.67. The quantitative estimate of drug-likeness (QED) is 0.864. The molecule has 1 N–H and O–H groups in total. The summed E-state index contributed by atoms with van der Waals surface area (Å²) in [6.07, 6.45) is 0.488. The molecule has 78 valence electrons. The van der Waals surface area contributed by atoms with Crippen molar-refractivity contribution in [2.24, 2.45) is 0 Å². The normalized spacial score (nSPS) is 20.5. The molecule has 0 aromatic heterocycles. The molecule has 1 aromatic rings. The SMILES string of the molecule is O=C1NC(=O)[C@H](Cc2ccccc2Cl)S1. The second-order valence-corrected chi connectivity index (χ2v) is 4.76. The molecule has 0 bridgehead atoms. The third-order valence-electron chi connectivity index (χ3n) is 2.13. The standard InChI is InChI=1S/C10H8ClNO2S/c11-7-4-2-1-3-6(7)5-8-9(13)12-10(14)15-8/h1-4,8H,5H2,(H,12,13,14)/t8-/m0/s1. The molecular weight excluding hydrogens is 234 g/mol. The van der Waals surface area contributed by atoms with Crippen LogP contribution in [-0.2, 0) is 11.2 Å². The predicted molar refractivity (Wildman–Crippen MR) is 60.1 cm³/mol. The van der Waals surface area contributed by atoms with Gasteiger partial charge in [-0.2, -0.15) is 0 Å². The number of hydrogen-bond donors (Lipinski definition) is 1. The summed E-state index contributed by atoms with van der Waals surface area (Å²) in [7, 11) is 0. The molecule has 1 aliphatic rings. The van der Waals surface area contributed by atoms with Crippen molar-refractivity contribution in [3.8, 4) is 0 Å². The predicted octanol–water partition coefficient (Wildman–Crippen LogP) is 2.23. The number of carbonyl (C=O) groups is 2. The van der Waals surface area contributed by atoms with Crippen LogP contribution in [0.4, 0.5) is 4.79 Å². The van der Waals surface area contributed by atoms with E-state index in [0.29, 0.717) is 11.4 Å². The van der Waals surface area contributed by atoms with Gasteiger partial charge < -0.3 is 0 Å². The van der Waals surface area contributed by atoms with Gasteiger partial charge in [-0.25, -0.2) is 0 Å². The summed E-state index contributed by atoms with van der Waals surface area (Å²) in [5.41, 5.74) is 0.890. The van der Waals surface area contributed by atoms with Crippen LogP contribution < -0.4 is 5.32 Å².